The zero-order valence-electron chi connectivity index (χ0n) is 13.4. The molecule has 2 aliphatic rings. The molecule has 1 heterocycles. The Morgan fingerprint density at radius 2 is 2.00 bits per heavy atom. The van der Waals surface area contributed by atoms with Crippen LogP contribution in [-0.4, -0.2) is 13.1 Å². The van der Waals surface area contributed by atoms with Gasteiger partial charge in [-0.05, 0) is 35.1 Å². The first-order chi connectivity index (χ1) is 11.7. The van der Waals surface area contributed by atoms with Gasteiger partial charge in [-0.3, -0.25) is 0 Å². The quantitative estimate of drug-likeness (QED) is 0.883. The van der Waals surface area contributed by atoms with Gasteiger partial charge >= 0.3 is 0 Å². The van der Waals surface area contributed by atoms with Crippen molar-refractivity contribution in [2.45, 2.75) is 18.4 Å². The van der Waals surface area contributed by atoms with E-state index in [9.17, 15) is 9.90 Å². The van der Waals surface area contributed by atoms with Crippen molar-refractivity contribution in [3.8, 4) is 5.75 Å². The average molecular weight is 320 g/mol. The number of nitrogens with one attached hydrogen (secondary N) is 1. The number of carboxylic acids is 1. The molecule has 0 saturated carbocycles. The van der Waals surface area contributed by atoms with Crippen LogP contribution in [0.25, 0.3) is 0 Å². The minimum absolute atomic E-state index is 0.115. The summed E-state index contributed by atoms with van der Waals surface area (Å²) in [5, 5.41) is 14.6. The summed E-state index contributed by atoms with van der Waals surface area (Å²) in [7, 11) is 1.68. The van der Waals surface area contributed by atoms with Crippen molar-refractivity contribution in [2.75, 3.05) is 12.4 Å². The normalized spacial score (nSPS) is 24.0. The lowest BCUT2D eigenvalue weighted by atomic mass is 9.77. The molecular weight excluding hydrogens is 302 g/mol. The van der Waals surface area contributed by atoms with E-state index in [0.29, 0.717) is 11.8 Å². The standard InChI is InChI=1S/C20H19NO3/c1-24-17-7-3-6-16-14-4-2-5-15(14)18(21-19(16)17)12-8-10-13(11-9-12)20(22)23/h2-4,6-11,14-15,18,21H,5H2,1H3,(H,22,23)/p-1. The molecule has 4 nitrogen and oxygen atoms in total. The van der Waals surface area contributed by atoms with Crippen molar-refractivity contribution in [1.29, 1.82) is 0 Å². The molecule has 3 atom stereocenters. The highest BCUT2D eigenvalue weighted by molar-refractivity contribution is 5.85. The Labute approximate surface area is 140 Å². The van der Waals surface area contributed by atoms with Crippen LogP contribution in [0.2, 0.25) is 0 Å². The minimum atomic E-state index is -1.15. The molecule has 2 aromatic carbocycles. The summed E-state index contributed by atoms with van der Waals surface area (Å²) in [6.07, 6.45) is 5.50. The second-order valence-electron chi connectivity index (χ2n) is 6.31. The molecule has 4 rings (SSSR count). The third-order valence-corrected chi connectivity index (χ3v) is 5.08. The fourth-order valence-electron chi connectivity index (χ4n) is 3.92. The van der Waals surface area contributed by atoms with Gasteiger partial charge < -0.3 is 20.0 Å². The molecule has 122 valence electrons. The summed E-state index contributed by atoms with van der Waals surface area (Å²) >= 11 is 0. The van der Waals surface area contributed by atoms with Crippen LogP contribution in [0.4, 0.5) is 5.69 Å². The highest BCUT2D eigenvalue weighted by Crippen LogP contribution is 2.52. The Bertz CT molecular complexity index is 810. The summed E-state index contributed by atoms with van der Waals surface area (Å²) in [5.74, 6) is 0.453. The van der Waals surface area contributed by atoms with Crippen LogP contribution in [0, 0.1) is 5.92 Å². The van der Waals surface area contributed by atoms with Gasteiger partial charge in [-0.1, -0.05) is 48.6 Å². The highest BCUT2D eigenvalue weighted by atomic mass is 16.5. The summed E-state index contributed by atoms with van der Waals surface area (Å²) in [6.45, 7) is 0. The molecule has 0 saturated heterocycles. The fourth-order valence-corrected chi connectivity index (χ4v) is 3.92. The second-order valence-corrected chi connectivity index (χ2v) is 6.31. The van der Waals surface area contributed by atoms with Gasteiger partial charge in [-0.15, -0.1) is 0 Å². The number of hydrogen-bond acceptors (Lipinski definition) is 4. The fraction of sp³-hybridized carbons (Fsp3) is 0.250. The number of rotatable bonds is 3. The molecule has 0 fully saturated rings. The Morgan fingerprint density at radius 3 is 2.71 bits per heavy atom. The molecule has 0 spiro atoms. The van der Waals surface area contributed by atoms with Crippen molar-refractivity contribution in [2.24, 2.45) is 5.92 Å². The van der Waals surface area contributed by atoms with E-state index in [2.05, 4.69) is 23.5 Å². The number of allylic oxidation sites excluding steroid dienone is 2. The molecule has 4 heteroatoms. The first-order valence-electron chi connectivity index (χ1n) is 8.10. The number of methoxy groups -OCH3 is 1. The molecule has 0 bridgehead atoms. The Morgan fingerprint density at radius 1 is 1.21 bits per heavy atom. The first-order valence-corrected chi connectivity index (χ1v) is 8.10. The summed E-state index contributed by atoms with van der Waals surface area (Å²) in [4.78, 5) is 11.0. The third kappa shape index (κ3) is 2.26. The molecule has 2 aromatic rings. The van der Waals surface area contributed by atoms with Crippen LogP contribution in [0.1, 0.15) is 39.9 Å². The van der Waals surface area contributed by atoms with Gasteiger partial charge in [0.2, 0.25) is 0 Å². The first kappa shape index (κ1) is 14.8. The monoisotopic (exact) mass is 320 g/mol. The van der Waals surface area contributed by atoms with Crippen molar-refractivity contribution < 1.29 is 14.6 Å². The van der Waals surface area contributed by atoms with E-state index in [-0.39, 0.29) is 11.6 Å². The summed E-state index contributed by atoms with van der Waals surface area (Å²) < 4.78 is 5.52. The van der Waals surface area contributed by atoms with Crippen LogP contribution in [-0.2, 0) is 0 Å². The number of benzene rings is 2. The zero-order chi connectivity index (χ0) is 16.7. The van der Waals surface area contributed by atoms with E-state index in [4.69, 9.17) is 4.74 Å². The molecular formula is C20H18NO3-. The number of ether oxygens (including phenoxy) is 1. The van der Waals surface area contributed by atoms with Gasteiger partial charge in [0.1, 0.15) is 5.75 Å². The number of carbonyl (C=O) groups excluding carboxylic acids is 1. The maximum atomic E-state index is 11.0. The van der Waals surface area contributed by atoms with Gasteiger partial charge in [0.15, 0.2) is 0 Å². The Hall–Kier alpha value is -2.75. The Balaban J connectivity index is 1.76. The van der Waals surface area contributed by atoms with Gasteiger partial charge in [-0.2, -0.15) is 0 Å². The number of carboxylic acid groups (broad SMARTS) is 1. The van der Waals surface area contributed by atoms with Crippen LogP contribution in [0.3, 0.4) is 0 Å². The number of fused-ring (bicyclic) bond motifs is 3. The van der Waals surface area contributed by atoms with Crippen molar-refractivity contribution in [1.82, 2.24) is 0 Å². The number of para-hydroxylation sites is 1. The molecule has 0 radical (unpaired) electrons. The maximum Gasteiger partial charge on any atom is 0.142 e. The summed E-state index contributed by atoms with van der Waals surface area (Å²) in [5.41, 5.74) is 3.57. The lowest BCUT2D eigenvalue weighted by Gasteiger charge is -2.38. The van der Waals surface area contributed by atoms with Crippen LogP contribution < -0.4 is 15.2 Å². The lowest BCUT2D eigenvalue weighted by Crippen LogP contribution is -2.29. The number of aromatic carboxylic acids is 1. The van der Waals surface area contributed by atoms with E-state index >= 15 is 0 Å². The van der Waals surface area contributed by atoms with Gasteiger partial charge in [0, 0.05) is 5.92 Å². The van der Waals surface area contributed by atoms with Crippen LogP contribution >= 0.6 is 0 Å². The molecule has 1 aliphatic heterocycles. The van der Waals surface area contributed by atoms with Gasteiger partial charge in [-0.25, -0.2) is 0 Å². The predicted octanol–water partition coefficient (Wildman–Crippen LogP) is 2.89. The molecule has 3 unspecified atom stereocenters. The van der Waals surface area contributed by atoms with Gasteiger partial charge in [0.05, 0.1) is 24.8 Å². The highest BCUT2D eigenvalue weighted by Gasteiger charge is 2.38. The molecule has 1 N–H and O–H groups in total. The largest absolute Gasteiger partial charge is 0.545 e. The maximum absolute atomic E-state index is 11.0. The predicted molar refractivity (Wildman–Crippen MR) is 90.1 cm³/mol. The average Bonchev–Trinajstić information content (AvgIpc) is 3.10. The number of hydrogen-bond donors (Lipinski definition) is 1. The molecule has 0 amide bonds. The van der Waals surface area contributed by atoms with E-state index in [1.807, 2.05) is 24.3 Å². The summed E-state index contributed by atoms with van der Waals surface area (Å²) in [6, 6.07) is 13.2. The zero-order valence-corrected chi connectivity index (χ0v) is 13.4. The van der Waals surface area contributed by atoms with Gasteiger partial charge in [0.25, 0.3) is 0 Å². The smallest absolute Gasteiger partial charge is 0.142 e. The van der Waals surface area contributed by atoms with E-state index in [1.165, 1.54) is 5.56 Å². The number of anilines is 1. The molecule has 0 aromatic heterocycles. The van der Waals surface area contributed by atoms with Crippen molar-refractivity contribution in [3.63, 3.8) is 0 Å². The topological polar surface area (TPSA) is 61.4 Å². The van der Waals surface area contributed by atoms with Crippen molar-refractivity contribution >= 4 is 11.7 Å². The van der Waals surface area contributed by atoms with Crippen LogP contribution in [0.15, 0.2) is 54.6 Å². The Kier molecular flexibility index (Phi) is 3.53. The SMILES string of the molecule is COc1cccc2c1NC(c1ccc(C(=O)[O-])cc1)C1CC=CC21. The third-order valence-electron chi connectivity index (χ3n) is 5.08. The van der Waals surface area contributed by atoms with E-state index < -0.39 is 5.97 Å². The minimum Gasteiger partial charge on any atom is -0.545 e. The van der Waals surface area contributed by atoms with E-state index in [0.717, 1.165) is 23.4 Å². The van der Waals surface area contributed by atoms with Crippen molar-refractivity contribution in [3.05, 3.63) is 71.3 Å². The number of carbonyl (C=O) groups is 1. The van der Waals surface area contributed by atoms with E-state index in [1.54, 1.807) is 19.2 Å². The molecule has 1 aliphatic carbocycles. The lowest BCUT2D eigenvalue weighted by molar-refractivity contribution is -0.255. The second kappa shape index (κ2) is 5.71. The van der Waals surface area contributed by atoms with Crippen LogP contribution in [0.5, 0.6) is 5.75 Å². The molecule has 24 heavy (non-hydrogen) atoms.